The van der Waals surface area contributed by atoms with Gasteiger partial charge in [-0.2, -0.15) is 0 Å². The van der Waals surface area contributed by atoms with Crippen LogP contribution in [-0.2, 0) is 4.74 Å². The van der Waals surface area contributed by atoms with Crippen LogP contribution in [0.25, 0.3) is 0 Å². The summed E-state index contributed by atoms with van der Waals surface area (Å²) in [4.78, 5) is 2.54. The third-order valence-corrected chi connectivity index (χ3v) is 5.36. The molecule has 1 N–H and O–H groups in total. The van der Waals surface area contributed by atoms with Gasteiger partial charge in [0.1, 0.15) is 0 Å². The summed E-state index contributed by atoms with van der Waals surface area (Å²) in [5, 5.41) is 3.71. The summed E-state index contributed by atoms with van der Waals surface area (Å²) in [6.07, 6.45) is 8.52. The Morgan fingerprint density at radius 2 is 1.95 bits per heavy atom. The number of nitrogens with zero attached hydrogens (tertiary/aromatic N) is 1. The largest absolute Gasteiger partial charge is 0.377 e. The minimum absolute atomic E-state index is 0.476. The highest BCUT2D eigenvalue weighted by Gasteiger charge is 2.35. The molecule has 0 spiro atoms. The van der Waals surface area contributed by atoms with Crippen molar-refractivity contribution in [1.82, 2.24) is 10.2 Å². The van der Waals surface area contributed by atoms with E-state index in [4.69, 9.17) is 4.74 Å². The highest BCUT2D eigenvalue weighted by molar-refractivity contribution is 4.90. The van der Waals surface area contributed by atoms with Gasteiger partial charge in [-0.3, -0.25) is 0 Å². The van der Waals surface area contributed by atoms with Crippen LogP contribution in [0.5, 0.6) is 0 Å². The van der Waals surface area contributed by atoms with Crippen molar-refractivity contribution in [1.29, 1.82) is 0 Å². The van der Waals surface area contributed by atoms with Gasteiger partial charge in [-0.1, -0.05) is 33.6 Å². The second kappa shape index (κ2) is 7.94. The number of ether oxygens (including phenoxy) is 1. The molecule has 3 nitrogen and oxygen atoms in total. The molecule has 0 radical (unpaired) electrons. The van der Waals surface area contributed by atoms with Crippen LogP contribution in [0.1, 0.15) is 59.3 Å². The average molecular weight is 296 g/mol. The second-order valence-corrected chi connectivity index (χ2v) is 8.05. The van der Waals surface area contributed by atoms with E-state index < -0.39 is 0 Å². The first kappa shape index (κ1) is 17.2. The molecule has 1 heterocycles. The normalized spacial score (nSPS) is 34.0. The molecule has 0 aromatic carbocycles. The van der Waals surface area contributed by atoms with Crippen LogP contribution in [0.15, 0.2) is 0 Å². The summed E-state index contributed by atoms with van der Waals surface area (Å²) in [6, 6.07) is 0.588. The van der Waals surface area contributed by atoms with E-state index in [9.17, 15) is 0 Å². The predicted molar refractivity (Wildman–Crippen MR) is 89.7 cm³/mol. The fourth-order valence-electron chi connectivity index (χ4n) is 3.96. The molecule has 1 saturated carbocycles. The molecule has 2 aliphatic rings. The number of hydrogen-bond acceptors (Lipinski definition) is 3. The van der Waals surface area contributed by atoms with Gasteiger partial charge < -0.3 is 15.0 Å². The topological polar surface area (TPSA) is 24.5 Å². The fourth-order valence-corrected chi connectivity index (χ4v) is 3.96. The molecule has 0 amide bonds. The minimum Gasteiger partial charge on any atom is -0.377 e. The van der Waals surface area contributed by atoms with Gasteiger partial charge in [0, 0.05) is 32.3 Å². The second-order valence-electron chi connectivity index (χ2n) is 8.05. The molecule has 3 heteroatoms. The SMILES string of the molecule is CC1CCC(CNC(C)C)(CN(C)CC2CCCO2)CC1. The zero-order valence-electron chi connectivity index (χ0n) is 14.7. The Bertz CT molecular complexity index is 292. The molecule has 1 atom stereocenters. The lowest BCUT2D eigenvalue weighted by atomic mass is 9.70. The Labute approximate surface area is 131 Å². The van der Waals surface area contributed by atoms with E-state index in [0.29, 0.717) is 17.6 Å². The van der Waals surface area contributed by atoms with E-state index in [0.717, 1.165) is 19.1 Å². The first-order chi connectivity index (χ1) is 9.99. The van der Waals surface area contributed by atoms with Crippen molar-refractivity contribution in [2.75, 3.05) is 33.3 Å². The Morgan fingerprint density at radius 3 is 2.52 bits per heavy atom. The number of hydrogen-bond donors (Lipinski definition) is 1. The summed E-state index contributed by atoms with van der Waals surface area (Å²) in [6.45, 7) is 11.4. The predicted octanol–water partition coefficient (Wildman–Crippen LogP) is 3.29. The summed E-state index contributed by atoms with van der Waals surface area (Å²) in [7, 11) is 2.29. The first-order valence-corrected chi connectivity index (χ1v) is 9.03. The maximum absolute atomic E-state index is 5.80. The number of nitrogens with one attached hydrogen (secondary N) is 1. The first-order valence-electron chi connectivity index (χ1n) is 9.03. The highest BCUT2D eigenvalue weighted by atomic mass is 16.5. The van der Waals surface area contributed by atoms with Gasteiger partial charge in [-0.25, -0.2) is 0 Å². The quantitative estimate of drug-likeness (QED) is 0.780. The Kier molecular flexibility index (Phi) is 6.51. The Balaban J connectivity index is 1.87. The minimum atomic E-state index is 0.476. The summed E-state index contributed by atoms with van der Waals surface area (Å²) in [5.41, 5.74) is 0.476. The molecule has 2 fully saturated rings. The van der Waals surface area contributed by atoms with Gasteiger partial charge in [0.05, 0.1) is 6.10 Å². The molecule has 1 unspecified atom stereocenters. The van der Waals surface area contributed by atoms with Crippen LogP contribution in [-0.4, -0.2) is 50.3 Å². The smallest absolute Gasteiger partial charge is 0.0702 e. The van der Waals surface area contributed by atoms with E-state index in [1.807, 2.05) is 0 Å². The van der Waals surface area contributed by atoms with Gasteiger partial charge in [-0.15, -0.1) is 0 Å². The molecule has 0 aromatic rings. The van der Waals surface area contributed by atoms with Crippen molar-refractivity contribution in [2.24, 2.45) is 11.3 Å². The molecule has 1 aliphatic heterocycles. The zero-order chi connectivity index (χ0) is 15.3. The van der Waals surface area contributed by atoms with Crippen LogP contribution in [0, 0.1) is 11.3 Å². The fraction of sp³-hybridized carbons (Fsp3) is 1.00. The van der Waals surface area contributed by atoms with Gasteiger partial charge in [-0.05, 0) is 44.1 Å². The van der Waals surface area contributed by atoms with Crippen LogP contribution in [0.4, 0.5) is 0 Å². The van der Waals surface area contributed by atoms with Crippen molar-refractivity contribution < 1.29 is 4.74 Å². The molecule has 21 heavy (non-hydrogen) atoms. The lowest BCUT2D eigenvalue weighted by Gasteiger charge is -2.43. The lowest BCUT2D eigenvalue weighted by Crippen LogP contribution is -2.47. The molecule has 1 aliphatic carbocycles. The zero-order valence-corrected chi connectivity index (χ0v) is 14.7. The van der Waals surface area contributed by atoms with Gasteiger partial charge >= 0.3 is 0 Å². The van der Waals surface area contributed by atoms with Crippen LogP contribution < -0.4 is 5.32 Å². The van der Waals surface area contributed by atoms with Crippen LogP contribution in [0.3, 0.4) is 0 Å². The number of rotatable bonds is 7. The third-order valence-electron chi connectivity index (χ3n) is 5.36. The van der Waals surface area contributed by atoms with Crippen molar-refractivity contribution >= 4 is 0 Å². The van der Waals surface area contributed by atoms with Crippen molar-refractivity contribution in [2.45, 2.75) is 71.4 Å². The van der Waals surface area contributed by atoms with Gasteiger partial charge in [0.25, 0.3) is 0 Å². The standard InChI is InChI=1S/C18H36N2O/c1-15(2)19-13-18(9-7-16(3)8-10-18)14-20(4)12-17-6-5-11-21-17/h15-17,19H,5-14H2,1-4H3. The molecular formula is C18H36N2O. The lowest BCUT2D eigenvalue weighted by molar-refractivity contribution is 0.0481. The monoisotopic (exact) mass is 296 g/mol. The summed E-state index contributed by atoms with van der Waals surface area (Å²) < 4.78 is 5.80. The maximum Gasteiger partial charge on any atom is 0.0702 e. The molecule has 2 rings (SSSR count). The average Bonchev–Trinajstić information content (AvgIpc) is 2.92. The van der Waals surface area contributed by atoms with Crippen molar-refractivity contribution in [3.63, 3.8) is 0 Å². The number of likely N-dealkylation sites (N-methyl/N-ethyl adjacent to an activating group) is 1. The van der Waals surface area contributed by atoms with E-state index >= 15 is 0 Å². The van der Waals surface area contributed by atoms with Gasteiger partial charge in [0.15, 0.2) is 0 Å². The molecular weight excluding hydrogens is 260 g/mol. The summed E-state index contributed by atoms with van der Waals surface area (Å²) >= 11 is 0. The Morgan fingerprint density at radius 1 is 1.24 bits per heavy atom. The van der Waals surface area contributed by atoms with E-state index in [-0.39, 0.29) is 0 Å². The van der Waals surface area contributed by atoms with Gasteiger partial charge in [0.2, 0.25) is 0 Å². The molecule has 0 aromatic heterocycles. The molecule has 0 bridgehead atoms. The van der Waals surface area contributed by atoms with Crippen molar-refractivity contribution in [3.8, 4) is 0 Å². The third kappa shape index (κ3) is 5.54. The van der Waals surface area contributed by atoms with E-state index in [2.05, 4.69) is 38.0 Å². The summed E-state index contributed by atoms with van der Waals surface area (Å²) in [5.74, 6) is 0.917. The highest BCUT2D eigenvalue weighted by Crippen LogP contribution is 2.39. The van der Waals surface area contributed by atoms with E-state index in [1.54, 1.807) is 0 Å². The molecule has 124 valence electrons. The van der Waals surface area contributed by atoms with Crippen LogP contribution in [0.2, 0.25) is 0 Å². The molecule has 1 saturated heterocycles. The maximum atomic E-state index is 5.80. The van der Waals surface area contributed by atoms with Crippen LogP contribution >= 0.6 is 0 Å². The van der Waals surface area contributed by atoms with E-state index in [1.165, 1.54) is 51.6 Å². The van der Waals surface area contributed by atoms with Crippen molar-refractivity contribution in [3.05, 3.63) is 0 Å². The Hall–Kier alpha value is -0.120.